The van der Waals surface area contributed by atoms with Crippen LogP contribution in [0.3, 0.4) is 0 Å². The number of fused-ring (bicyclic) bond motifs is 3. The van der Waals surface area contributed by atoms with E-state index in [0.29, 0.717) is 24.2 Å². The van der Waals surface area contributed by atoms with Crippen molar-refractivity contribution >= 4 is 39.1 Å². The smallest absolute Gasteiger partial charge is 0.248 e. The molecule has 3 rings (SSSR count). The van der Waals surface area contributed by atoms with E-state index in [2.05, 4.69) is 27.3 Å². The molecule has 0 aliphatic carbocycles. The Hall–Kier alpha value is -0.780. The molecule has 2 aliphatic heterocycles. The summed E-state index contributed by atoms with van der Waals surface area (Å²) < 4.78 is 0.877. The SMILES string of the molecule is O=C(CO)N1CCC2Nc3c(ccc(Br)c3Cl)C2C1. The third kappa shape index (κ3) is 2.14. The molecule has 0 bridgehead atoms. The molecule has 1 aromatic rings. The predicted octanol–water partition coefficient (Wildman–Crippen LogP) is 2.20. The van der Waals surface area contributed by atoms with Crippen molar-refractivity contribution in [1.29, 1.82) is 0 Å². The maximum absolute atomic E-state index is 11.6. The lowest BCUT2D eigenvalue weighted by Gasteiger charge is -2.34. The minimum atomic E-state index is -0.418. The summed E-state index contributed by atoms with van der Waals surface area (Å²) in [7, 11) is 0. The average molecular weight is 346 g/mol. The van der Waals surface area contributed by atoms with Gasteiger partial charge in [-0.15, -0.1) is 0 Å². The van der Waals surface area contributed by atoms with Gasteiger partial charge in [0.15, 0.2) is 0 Å². The summed E-state index contributed by atoms with van der Waals surface area (Å²) in [5, 5.41) is 13.1. The van der Waals surface area contributed by atoms with Crippen molar-refractivity contribution < 1.29 is 9.90 Å². The number of anilines is 1. The van der Waals surface area contributed by atoms with Gasteiger partial charge in [-0.3, -0.25) is 4.79 Å². The molecule has 1 fully saturated rings. The molecule has 6 heteroatoms. The summed E-state index contributed by atoms with van der Waals surface area (Å²) in [5.41, 5.74) is 2.14. The number of likely N-dealkylation sites (tertiary alicyclic amines) is 1. The Morgan fingerprint density at radius 1 is 1.58 bits per heavy atom. The molecule has 2 N–H and O–H groups in total. The molecule has 0 saturated carbocycles. The van der Waals surface area contributed by atoms with Crippen LogP contribution < -0.4 is 5.32 Å². The number of nitrogens with one attached hydrogen (secondary N) is 1. The highest BCUT2D eigenvalue weighted by Gasteiger charge is 2.39. The minimum absolute atomic E-state index is 0.199. The fourth-order valence-electron chi connectivity index (χ4n) is 2.97. The van der Waals surface area contributed by atoms with Gasteiger partial charge in [0.25, 0.3) is 0 Å². The van der Waals surface area contributed by atoms with Crippen molar-refractivity contribution in [1.82, 2.24) is 4.90 Å². The van der Waals surface area contributed by atoms with Crippen LogP contribution in [0.5, 0.6) is 0 Å². The quantitative estimate of drug-likeness (QED) is 0.820. The number of halogens is 2. The zero-order valence-electron chi connectivity index (χ0n) is 10.2. The van der Waals surface area contributed by atoms with Gasteiger partial charge in [0.05, 0.1) is 10.7 Å². The highest BCUT2D eigenvalue weighted by molar-refractivity contribution is 9.10. The van der Waals surface area contributed by atoms with Crippen molar-refractivity contribution in [2.45, 2.75) is 18.4 Å². The van der Waals surface area contributed by atoms with E-state index in [1.807, 2.05) is 6.07 Å². The van der Waals surface area contributed by atoms with Crippen molar-refractivity contribution in [2.75, 3.05) is 25.0 Å². The molecule has 1 saturated heterocycles. The van der Waals surface area contributed by atoms with Crippen LogP contribution in [-0.4, -0.2) is 41.7 Å². The summed E-state index contributed by atoms with van der Waals surface area (Å²) in [6.45, 7) is 0.904. The zero-order valence-corrected chi connectivity index (χ0v) is 12.5. The van der Waals surface area contributed by atoms with Crippen molar-refractivity contribution in [3.8, 4) is 0 Å². The van der Waals surface area contributed by atoms with Gasteiger partial charge in [-0.2, -0.15) is 0 Å². The van der Waals surface area contributed by atoms with E-state index in [1.54, 1.807) is 4.90 Å². The van der Waals surface area contributed by atoms with E-state index in [9.17, 15) is 4.79 Å². The van der Waals surface area contributed by atoms with Crippen molar-refractivity contribution in [3.05, 3.63) is 27.2 Å². The number of hydrogen-bond donors (Lipinski definition) is 2. The molecule has 0 radical (unpaired) electrons. The second-order valence-corrected chi connectivity index (χ2v) is 6.20. The maximum atomic E-state index is 11.6. The Kier molecular flexibility index (Phi) is 3.45. The van der Waals surface area contributed by atoms with E-state index >= 15 is 0 Å². The number of carbonyl (C=O) groups excluding carboxylic acids is 1. The summed E-state index contributed by atoms with van der Waals surface area (Å²) >= 11 is 9.72. The number of aliphatic hydroxyl groups excluding tert-OH is 1. The van der Waals surface area contributed by atoms with Gasteiger partial charge < -0.3 is 15.3 Å². The van der Waals surface area contributed by atoms with E-state index in [1.165, 1.54) is 0 Å². The second kappa shape index (κ2) is 4.96. The molecule has 2 atom stereocenters. The van der Waals surface area contributed by atoms with Crippen LogP contribution in [0.25, 0.3) is 0 Å². The van der Waals surface area contributed by atoms with Crippen LogP contribution in [0.15, 0.2) is 16.6 Å². The number of piperidine rings is 1. The maximum Gasteiger partial charge on any atom is 0.248 e. The third-order valence-electron chi connectivity index (χ3n) is 3.96. The van der Waals surface area contributed by atoms with E-state index in [4.69, 9.17) is 16.7 Å². The van der Waals surface area contributed by atoms with Gasteiger partial charge in [-0.1, -0.05) is 17.7 Å². The molecule has 0 spiro atoms. The lowest BCUT2D eigenvalue weighted by molar-refractivity contribution is -0.135. The molecular weight excluding hydrogens is 332 g/mol. The summed E-state index contributed by atoms with van der Waals surface area (Å²) in [6.07, 6.45) is 0.874. The van der Waals surface area contributed by atoms with Crippen molar-refractivity contribution in [2.24, 2.45) is 0 Å². The Balaban J connectivity index is 1.91. The first-order valence-corrected chi connectivity index (χ1v) is 7.42. The third-order valence-corrected chi connectivity index (χ3v) is 5.24. The van der Waals surface area contributed by atoms with Gasteiger partial charge in [-0.05, 0) is 34.0 Å². The second-order valence-electron chi connectivity index (χ2n) is 4.97. The molecule has 0 aromatic heterocycles. The van der Waals surface area contributed by atoms with E-state index in [-0.39, 0.29) is 11.8 Å². The van der Waals surface area contributed by atoms with Crippen LogP contribution in [-0.2, 0) is 4.79 Å². The number of nitrogens with zero attached hydrogens (tertiary/aromatic N) is 1. The first-order valence-electron chi connectivity index (χ1n) is 6.25. The van der Waals surface area contributed by atoms with E-state index in [0.717, 1.165) is 22.1 Å². The van der Waals surface area contributed by atoms with Crippen LogP contribution >= 0.6 is 27.5 Å². The fourth-order valence-corrected chi connectivity index (χ4v) is 3.53. The Labute approximate surface area is 124 Å². The van der Waals surface area contributed by atoms with Gasteiger partial charge in [0.1, 0.15) is 6.61 Å². The number of hydrogen-bond acceptors (Lipinski definition) is 3. The van der Waals surface area contributed by atoms with Gasteiger partial charge in [-0.25, -0.2) is 0 Å². The molecule has 2 unspecified atom stereocenters. The first-order chi connectivity index (χ1) is 9.11. The normalized spacial score (nSPS) is 24.7. The monoisotopic (exact) mass is 344 g/mol. The molecule has 102 valence electrons. The first kappa shape index (κ1) is 13.2. The highest BCUT2D eigenvalue weighted by atomic mass is 79.9. The molecule has 4 nitrogen and oxygen atoms in total. The van der Waals surface area contributed by atoms with Gasteiger partial charge >= 0.3 is 0 Å². The Bertz CT molecular complexity index is 538. The zero-order chi connectivity index (χ0) is 13.6. The lowest BCUT2D eigenvalue weighted by Crippen LogP contribution is -2.45. The lowest BCUT2D eigenvalue weighted by atomic mass is 9.89. The highest BCUT2D eigenvalue weighted by Crippen LogP contribution is 2.45. The van der Waals surface area contributed by atoms with Crippen molar-refractivity contribution in [3.63, 3.8) is 0 Å². The molecule has 2 heterocycles. The molecule has 2 aliphatic rings. The van der Waals surface area contributed by atoms with Crippen LogP contribution in [0, 0.1) is 0 Å². The fraction of sp³-hybridized carbons (Fsp3) is 0.462. The molecule has 19 heavy (non-hydrogen) atoms. The summed E-state index contributed by atoms with van der Waals surface area (Å²) in [6, 6.07) is 4.32. The van der Waals surface area contributed by atoms with Crippen LogP contribution in [0.4, 0.5) is 5.69 Å². The average Bonchev–Trinajstić information content (AvgIpc) is 2.80. The summed E-state index contributed by atoms with van der Waals surface area (Å²) in [4.78, 5) is 13.3. The minimum Gasteiger partial charge on any atom is -0.387 e. The Morgan fingerprint density at radius 2 is 2.37 bits per heavy atom. The van der Waals surface area contributed by atoms with Crippen LogP contribution in [0.2, 0.25) is 5.02 Å². The largest absolute Gasteiger partial charge is 0.387 e. The van der Waals surface area contributed by atoms with E-state index < -0.39 is 6.61 Å². The van der Waals surface area contributed by atoms with Gasteiger partial charge in [0.2, 0.25) is 5.91 Å². The number of carbonyl (C=O) groups is 1. The standard InChI is InChI=1S/C13H14BrClN2O2/c14-9-2-1-7-8-5-17(11(19)6-18)4-3-10(8)16-13(7)12(9)15/h1-2,8,10,16,18H,3-6H2. The molecule has 1 aromatic carbocycles. The molecular formula is C13H14BrClN2O2. The number of benzene rings is 1. The predicted molar refractivity (Wildman–Crippen MR) is 77.6 cm³/mol. The Morgan fingerprint density at radius 3 is 3.11 bits per heavy atom. The molecule has 1 amide bonds. The number of rotatable bonds is 1. The number of amides is 1. The number of aliphatic hydroxyl groups is 1. The van der Waals surface area contributed by atoms with Crippen LogP contribution in [0.1, 0.15) is 17.9 Å². The summed E-state index contributed by atoms with van der Waals surface area (Å²) in [5.74, 6) is 0.0555. The topological polar surface area (TPSA) is 52.6 Å². The van der Waals surface area contributed by atoms with Gasteiger partial charge in [0, 0.05) is 29.5 Å².